The van der Waals surface area contributed by atoms with Gasteiger partial charge in [-0.1, -0.05) is 25.1 Å². The number of rotatable bonds is 4. The molecule has 2 heteroatoms. The third-order valence-electron chi connectivity index (χ3n) is 2.85. The fraction of sp³-hybridized carbons (Fsp3) is 0.357. The molecule has 16 heavy (non-hydrogen) atoms. The molecule has 2 aromatic rings. The second-order valence-electron chi connectivity index (χ2n) is 3.96. The van der Waals surface area contributed by atoms with Crippen molar-refractivity contribution < 1.29 is 4.57 Å². The van der Waals surface area contributed by atoms with Crippen molar-refractivity contribution >= 4 is 0 Å². The number of nitrogens with zero attached hydrogens (tertiary/aromatic N) is 2. The van der Waals surface area contributed by atoms with Crippen molar-refractivity contribution in [3.05, 3.63) is 48.5 Å². The van der Waals surface area contributed by atoms with Crippen LogP contribution in [0.1, 0.15) is 26.1 Å². The van der Waals surface area contributed by atoms with E-state index in [1.807, 2.05) is 0 Å². The molecule has 84 valence electrons. The Labute approximate surface area is 97.2 Å². The second kappa shape index (κ2) is 4.97. The SMILES string of the molecule is CCCc1n(-c2ccccc2)cc[n+]1CC. The zero-order valence-corrected chi connectivity index (χ0v) is 10.1. The van der Waals surface area contributed by atoms with E-state index in [0.717, 1.165) is 13.0 Å². The molecule has 0 radical (unpaired) electrons. The molecule has 1 heterocycles. The van der Waals surface area contributed by atoms with Gasteiger partial charge in [-0.2, -0.15) is 4.57 Å². The van der Waals surface area contributed by atoms with Crippen LogP contribution >= 0.6 is 0 Å². The van der Waals surface area contributed by atoms with E-state index in [2.05, 4.69) is 65.7 Å². The molecule has 1 aromatic heterocycles. The number of hydrogen-bond acceptors (Lipinski definition) is 0. The van der Waals surface area contributed by atoms with E-state index < -0.39 is 0 Å². The van der Waals surface area contributed by atoms with Gasteiger partial charge in [0.05, 0.1) is 6.54 Å². The summed E-state index contributed by atoms with van der Waals surface area (Å²) in [6.07, 6.45) is 6.62. The lowest BCUT2D eigenvalue weighted by molar-refractivity contribution is -0.700. The zero-order chi connectivity index (χ0) is 11.4. The molecule has 0 fully saturated rings. The average Bonchev–Trinajstić information content (AvgIpc) is 2.74. The Morgan fingerprint density at radius 3 is 2.50 bits per heavy atom. The van der Waals surface area contributed by atoms with Gasteiger partial charge in [0.1, 0.15) is 18.1 Å². The van der Waals surface area contributed by atoms with Crippen LogP contribution in [0.15, 0.2) is 42.7 Å². The van der Waals surface area contributed by atoms with Gasteiger partial charge in [0.25, 0.3) is 5.82 Å². The highest BCUT2D eigenvalue weighted by molar-refractivity contribution is 5.31. The average molecular weight is 215 g/mol. The molecule has 2 rings (SSSR count). The lowest BCUT2D eigenvalue weighted by Crippen LogP contribution is -2.35. The largest absolute Gasteiger partial charge is 0.261 e. The molecule has 0 aliphatic carbocycles. The summed E-state index contributed by atoms with van der Waals surface area (Å²) in [5, 5.41) is 0. The van der Waals surface area contributed by atoms with Crippen LogP contribution in [0.2, 0.25) is 0 Å². The standard InChI is InChI=1S/C14H19N2/c1-3-8-14-15(4-2)11-12-16(14)13-9-6-5-7-10-13/h5-7,9-12H,3-4,8H2,1-2H3/q+1. The van der Waals surface area contributed by atoms with E-state index >= 15 is 0 Å². The van der Waals surface area contributed by atoms with Crippen molar-refractivity contribution in [2.24, 2.45) is 0 Å². The van der Waals surface area contributed by atoms with Crippen molar-refractivity contribution in [1.29, 1.82) is 0 Å². The third kappa shape index (κ3) is 2.01. The van der Waals surface area contributed by atoms with E-state index in [4.69, 9.17) is 0 Å². The molecular formula is C14H19N2+. The highest BCUT2D eigenvalue weighted by atomic mass is 15.1. The summed E-state index contributed by atoms with van der Waals surface area (Å²) in [7, 11) is 0. The van der Waals surface area contributed by atoms with Crippen LogP contribution in [0.3, 0.4) is 0 Å². The molecule has 0 saturated heterocycles. The highest BCUT2D eigenvalue weighted by Gasteiger charge is 2.15. The zero-order valence-electron chi connectivity index (χ0n) is 10.1. The fourth-order valence-electron chi connectivity index (χ4n) is 2.06. The van der Waals surface area contributed by atoms with E-state index in [1.54, 1.807) is 0 Å². The Kier molecular flexibility index (Phi) is 3.40. The summed E-state index contributed by atoms with van der Waals surface area (Å²) in [6, 6.07) is 10.5. The molecule has 0 spiro atoms. The number of aromatic nitrogens is 2. The minimum Gasteiger partial charge on any atom is -0.234 e. The Morgan fingerprint density at radius 2 is 1.88 bits per heavy atom. The second-order valence-corrected chi connectivity index (χ2v) is 3.96. The first-order chi connectivity index (χ1) is 7.86. The van der Waals surface area contributed by atoms with Crippen LogP contribution in [0.5, 0.6) is 0 Å². The topological polar surface area (TPSA) is 8.81 Å². The van der Waals surface area contributed by atoms with E-state index in [0.29, 0.717) is 0 Å². The molecule has 0 saturated carbocycles. The minimum absolute atomic E-state index is 1.04. The van der Waals surface area contributed by atoms with E-state index in [-0.39, 0.29) is 0 Å². The van der Waals surface area contributed by atoms with Gasteiger partial charge in [0.2, 0.25) is 0 Å². The Balaban J connectivity index is 2.44. The molecule has 2 nitrogen and oxygen atoms in total. The number of aryl methyl sites for hydroxylation is 1. The molecule has 0 bridgehead atoms. The Bertz CT molecular complexity index is 443. The molecule has 0 aliphatic rings. The third-order valence-corrected chi connectivity index (χ3v) is 2.85. The maximum atomic E-state index is 2.32. The normalized spacial score (nSPS) is 10.6. The smallest absolute Gasteiger partial charge is 0.234 e. The Hall–Kier alpha value is -1.57. The van der Waals surface area contributed by atoms with Gasteiger partial charge in [-0.25, -0.2) is 4.57 Å². The van der Waals surface area contributed by atoms with Crippen LogP contribution in [-0.2, 0) is 13.0 Å². The van der Waals surface area contributed by atoms with Gasteiger partial charge in [-0.3, -0.25) is 0 Å². The number of imidazole rings is 1. The van der Waals surface area contributed by atoms with Gasteiger partial charge >= 0.3 is 0 Å². The first-order valence-electron chi connectivity index (χ1n) is 6.02. The van der Waals surface area contributed by atoms with Crippen molar-refractivity contribution in [3.63, 3.8) is 0 Å². The van der Waals surface area contributed by atoms with Gasteiger partial charge in [-0.05, 0) is 25.5 Å². The lowest BCUT2D eigenvalue weighted by atomic mass is 10.3. The lowest BCUT2D eigenvalue weighted by Gasteiger charge is -2.02. The molecule has 0 atom stereocenters. The minimum atomic E-state index is 1.04. The van der Waals surface area contributed by atoms with Crippen molar-refractivity contribution in [1.82, 2.24) is 4.57 Å². The maximum absolute atomic E-state index is 2.32. The first kappa shape index (κ1) is 10.9. The molecule has 0 aliphatic heterocycles. The maximum Gasteiger partial charge on any atom is 0.261 e. The van der Waals surface area contributed by atoms with Crippen molar-refractivity contribution in [2.45, 2.75) is 33.2 Å². The van der Waals surface area contributed by atoms with Crippen LogP contribution < -0.4 is 4.57 Å². The summed E-state index contributed by atoms with van der Waals surface area (Å²) in [5.74, 6) is 1.39. The quantitative estimate of drug-likeness (QED) is 0.693. The first-order valence-corrected chi connectivity index (χ1v) is 6.02. The van der Waals surface area contributed by atoms with Crippen LogP contribution in [0, 0.1) is 0 Å². The van der Waals surface area contributed by atoms with Crippen LogP contribution in [0.4, 0.5) is 0 Å². The van der Waals surface area contributed by atoms with Crippen LogP contribution in [-0.4, -0.2) is 4.57 Å². The van der Waals surface area contributed by atoms with E-state index in [9.17, 15) is 0 Å². The van der Waals surface area contributed by atoms with Gasteiger partial charge in [0.15, 0.2) is 0 Å². The summed E-state index contributed by atoms with van der Waals surface area (Å²) in [6.45, 7) is 5.45. The monoisotopic (exact) mass is 215 g/mol. The van der Waals surface area contributed by atoms with Crippen LogP contribution in [0.25, 0.3) is 5.69 Å². The molecular weight excluding hydrogens is 196 g/mol. The number of hydrogen-bond donors (Lipinski definition) is 0. The fourth-order valence-corrected chi connectivity index (χ4v) is 2.06. The molecule has 0 unspecified atom stereocenters. The summed E-state index contributed by atoms with van der Waals surface area (Å²) >= 11 is 0. The van der Waals surface area contributed by atoms with Crippen molar-refractivity contribution in [3.8, 4) is 5.69 Å². The summed E-state index contributed by atoms with van der Waals surface area (Å²) in [4.78, 5) is 0. The highest BCUT2D eigenvalue weighted by Crippen LogP contribution is 2.10. The number of benzene rings is 1. The molecule has 0 N–H and O–H groups in total. The summed E-state index contributed by atoms with van der Waals surface area (Å²) < 4.78 is 4.60. The van der Waals surface area contributed by atoms with Gasteiger partial charge < -0.3 is 0 Å². The predicted molar refractivity (Wildman–Crippen MR) is 65.6 cm³/mol. The number of para-hydroxylation sites is 1. The molecule has 1 aromatic carbocycles. The van der Waals surface area contributed by atoms with Gasteiger partial charge in [0, 0.05) is 6.42 Å². The summed E-state index contributed by atoms with van der Waals surface area (Å²) in [5.41, 5.74) is 1.25. The van der Waals surface area contributed by atoms with Gasteiger partial charge in [-0.15, -0.1) is 0 Å². The van der Waals surface area contributed by atoms with E-state index in [1.165, 1.54) is 17.9 Å². The Morgan fingerprint density at radius 1 is 1.12 bits per heavy atom. The van der Waals surface area contributed by atoms with Crippen molar-refractivity contribution in [2.75, 3.05) is 0 Å². The predicted octanol–water partition coefficient (Wildman–Crippen LogP) is 2.74. The molecule has 0 amide bonds.